The zero-order chi connectivity index (χ0) is 18.2. The molecule has 1 N–H and O–H groups in total. The number of amides is 1. The van der Waals surface area contributed by atoms with E-state index in [2.05, 4.69) is 4.72 Å². The molecule has 5 nitrogen and oxygen atoms in total. The first-order chi connectivity index (χ1) is 11.8. The second-order valence-corrected chi connectivity index (χ2v) is 7.91. The van der Waals surface area contributed by atoms with Crippen LogP contribution in [0.4, 0.5) is 10.1 Å². The second kappa shape index (κ2) is 6.74. The average Bonchev–Trinajstić information content (AvgIpc) is 2.91. The van der Waals surface area contributed by atoms with Gasteiger partial charge < -0.3 is 4.90 Å². The van der Waals surface area contributed by atoms with Gasteiger partial charge in [0.05, 0.1) is 5.02 Å². The Balaban J connectivity index is 1.80. The smallest absolute Gasteiger partial charge is 0.245 e. The second-order valence-electron chi connectivity index (χ2n) is 5.82. The number of carbonyl (C=O) groups is 1. The van der Waals surface area contributed by atoms with Crippen LogP contribution in [0.25, 0.3) is 0 Å². The minimum absolute atomic E-state index is 0.0689. The number of sulfonamides is 1. The lowest BCUT2D eigenvalue weighted by Gasteiger charge is -2.18. The minimum Gasteiger partial charge on any atom is -0.311 e. The highest BCUT2D eigenvalue weighted by atomic mass is 35.5. The first-order valence-electron chi connectivity index (χ1n) is 7.64. The van der Waals surface area contributed by atoms with Crippen molar-refractivity contribution in [2.24, 2.45) is 0 Å². The molecule has 0 radical (unpaired) electrons. The molecule has 1 atom stereocenters. The Morgan fingerprint density at radius 2 is 1.96 bits per heavy atom. The van der Waals surface area contributed by atoms with Crippen LogP contribution in [0.15, 0.2) is 47.4 Å². The van der Waals surface area contributed by atoms with Crippen LogP contribution in [0.3, 0.4) is 0 Å². The van der Waals surface area contributed by atoms with Gasteiger partial charge in [0, 0.05) is 12.2 Å². The molecule has 132 valence electrons. The summed E-state index contributed by atoms with van der Waals surface area (Å²) in [5.41, 5.74) is 0.966. The van der Waals surface area contributed by atoms with Crippen molar-refractivity contribution in [1.82, 2.24) is 4.72 Å². The molecule has 1 fully saturated rings. The SMILES string of the molecule is Cc1cc(N2CC[C@H](NS(=O)(=O)c3ccccc3Cl)C2=O)ccc1F. The van der Waals surface area contributed by atoms with E-state index in [1.54, 1.807) is 25.1 Å². The monoisotopic (exact) mass is 382 g/mol. The van der Waals surface area contributed by atoms with Crippen LogP contribution >= 0.6 is 11.6 Å². The van der Waals surface area contributed by atoms with Crippen molar-refractivity contribution in [2.45, 2.75) is 24.3 Å². The van der Waals surface area contributed by atoms with Crippen LogP contribution in [-0.4, -0.2) is 26.9 Å². The Labute approximate surface area is 150 Å². The fourth-order valence-electron chi connectivity index (χ4n) is 2.76. The van der Waals surface area contributed by atoms with Gasteiger partial charge in [0.15, 0.2) is 0 Å². The number of hydrogen-bond acceptors (Lipinski definition) is 3. The summed E-state index contributed by atoms with van der Waals surface area (Å²) in [4.78, 5) is 14.0. The number of nitrogens with zero attached hydrogens (tertiary/aromatic N) is 1. The van der Waals surface area contributed by atoms with Crippen molar-refractivity contribution in [1.29, 1.82) is 0 Å². The van der Waals surface area contributed by atoms with Crippen molar-refractivity contribution in [3.63, 3.8) is 0 Å². The van der Waals surface area contributed by atoms with Gasteiger partial charge in [-0.2, -0.15) is 4.72 Å². The summed E-state index contributed by atoms with van der Waals surface area (Å²) in [5, 5.41) is 0.0893. The first-order valence-corrected chi connectivity index (χ1v) is 9.50. The number of anilines is 1. The first kappa shape index (κ1) is 17.8. The number of halogens is 2. The topological polar surface area (TPSA) is 66.5 Å². The molecule has 2 aromatic rings. The maximum Gasteiger partial charge on any atom is 0.245 e. The van der Waals surface area contributed by atoms with E-state index in [-0.39, 0.29) is 21.6 Å². The molecule has 1 saturated heterocycles. The lowest BCUT2D eigenvalue weighted by atomic mass is 10.2. The Bertz CT molecular complexity index is 933. The molecule has 0 unspecified atom stereocenters. The van der Waals surface area contributed by atoms with Gasteiger partial charge in [0.2, 0.25) is 15.9 Å². The van der Waals surface area contributed by atoms with Crippen LogP contribution in [0.5, 0.6) is 0 Å². The van der Waals surface area contributed by atoms with Gasteiger partial charge in [0.1, 0.15) is 16.8 Å². The van der Waals surface area contributed by atoms with Gasteiger partial charge in [-0.25, -0.2) is 12.8 Å². The summed E-state index contributed by atoms with van der Waals surface area (Å²) >= 11 is 5.94. The zero-order valence-corrected chi connectivity index (χ0v) is 14.9. The Morgan fingerprint density at radius 1 is 1.24 bits per heavy atom. The maximum atomic E-state index is 13.4. The Hall–Kier alpha value is -1.96. The molecular formula is C17H16ClFN2O3S. The standard InChI is InChI=1S/C17H16ClFN2O3S/c1-11-10-12(6-7-14(11)19)21-9-8-15(17(21)22)20-25(23,24)16-5-3-2-4-13(16)18/h2-7,10,15,20H,8-9H2,1H3/t15-/m0/s1. The van der Waals surface area contributed by atoms with Gasteiger partial charge in [-0.15, -0.1) is 0 Å². The Kier molecular flexibility index (Phi) is 4.81. The molecular weight excluding hydrogens is 367 g/mol. The van der Waals surface area contributed by atoms with Gasteiger partial charge in [-0.1, -0.05) is 23.7 Å². The van der Waals surface area contributed by atoms with Crippen molar-refractivity contribution in [3.8, 4) is 0 Å². The number of aryl methyl sites for hydroxylation is 1. The van der Waals surface area contributed by atoms with Crippen molar-refractivity contribution in [3.05, 3.63) is 58.9 Å². The van der Waals surface area contributed by atoms with E-state index in [1.165, 1.54) is 29.2 Å². The number of benzene rings is 2. The average molecular weight is 383 g/mol. The molecule has 1 aliphatic heterocycles. The van der Waals surface area contributed by atoms with E-state index in [0.717, 1.165) is 0 Å². The van der Waals surface area contributed by atoms with E-state index in [1.807, 2.05) is 0 Å². The van der Waals surface area contributed by atoms with Crippen LogP contribution < -0.4 is 9.62 Å². The molecule has 2 aromatic carbocycles. The maximum absolute atomic E-state index is 13.4. The van der Waals surface area contributed by atoms with Gasteiger partial charge in [-0.3, -0.25) is 4.79 Å². The zero-order valence-electron chi connectivity index (χ0n) is 13.4. The van der Waals surface area contributed by atoms with E-state index in [4.69, 9.17) is 11.6 Å². The lowest BCUT2D eigenvalue weighted by molar-refractivity contribution is -0.118. The van der Waals surface area contributed by atoms with E-state index < -0.39 is 16.1 Å². The third-order valence-corrected chi connectivity index (χ3v) is 6.05. The van der Waals surface area contributed by atoms with Gasteiger partial charge >= 0.3 is 0 Å². The molecule has 0 saturated carbocycles. The van der Waals surface area contributed by atoms with Crippen LogP contribution in [-0.2, 0) is 14.8 Å². The van der Waals surface area contributed by atoms with E-state index in [9.17, 15) is 17.6 Å². The third kappa shape index (κ3) is 3.53. The summed E-state index contributed by atoms with van der Waals surface area (Å²) in [6.07, 6.45) is 0.318. The lowest BCUT2D eigenvalue weighted by Crippen LogP contribution is -2.41. The molecule has 0 spiro atoms. The van der Waals surface area contributed by atoms with E-state index in [0.29, 0.717) is 24.2 Å². The molecule has 1 heterocycles. The summed E-state index contributed by atoms with van der Waals surface area (Å²) in [6.45, 7) is 1.95. The molecule has 8 heteroatoms. The van der Waals surface area contributed by atoms with Gasteiger partial charge in [-0.05, 0) is 49.2 Å². The number of rotatable bonds is 4. The number of hydrogen-bond donors (Lipinski definition) is 1. The normalized spacial score (nSPS) is 18.0. The highest BCUT2D eigenvalue weighted by Crippen LogP contribution is 2.26. The predicted octanol–water partition coefficient (Wildman–Crippen LogP) is 2.87. The number of carbonyl (C=O) groups excluding carboxylic acids is 1. The highest BCUT2D eigenvalue weighted by Gasteiger charge is 2.36. The quantitative estimate of drug-likeness (QED) is 0.884. The van der Waals surface area contributed by atoms with Crippen molar-refractivity contribution < 1.29 is 17.6 Å². The number of nitrogens with one attached hydrogen (secondary N) is 1. The van der Waals surface area contributed by atoms with Crippen molar-refractivity contribution >= 4 is 33.2 Å². The highest BCUT2D eigenvalue weighted by molar-refractivity contribution is 7.89. The molecule has 1 aliphatic rings. The van der Waals surface area contributed by atoms with E-state index >= 15 is 0 Å². The molecule has 0 aromatic heterocycles. The van der Waals surface area contributed by atoms with Gasteiger partial charge in [0.25, 0.3) is 0 Å². The molecule has 25 heavy (non-hydrogen) atoms. The molecule has 0 aliphatic carbocycles. The minimum atomic E-state index is -3.92. The summed E-state index contributed by atoms with van der Waals surface area (Å²) in [5.74, 6) is -0.729. The van der Waals surface area contributed by atoms with Crippen LogP contribution in [0.1, 0.15) is 12.0 Å². The summed E-state index contributed by atoms with van der Waals surface area (Å²) in [7, 11) is -3.92. The fraction of sp³-hybridized carbons (Fsp3) is 0.235. The molecule has 3 rings (SSSR count). The third-order valence-electron chi connectivity index (χ3n) is 4.08. The molecule has 1 amide bonds. The summed E-state index contributed by atoms with van der Waals surface area (Å²) in [6, 6.07) is 9.52. The largest absolute Gasteiger partial charge is 0.311 e. The van der Waals surface area contributed by atoms with Crippen LogP contribution in [0.2, 0.25) is 5.02 Å². The fourth-order valence-corrected chi connectivity index (χ4v) is 4.50. The molecule has 0 bridgehead atoms. The Morgan fingerprint density at radius 3 is 2.64 bits per heavy atom. The predicted molar refractivity (Wildman–Crippen MR) is 93.7 cm³/mol. The van der Waals surface area contributed by atoms with Crippen molar-refractivity contribution in [2.75, 3.05) is 11.4 Å². The summed E-state index contributed by atoms with van der Waals surface area (Å²) < 4.78 is 40.8. The van der Waals surface area contributed by atoms with Crippen LogP contribution in [0, 0.1) is 12.7 Å².